The second-order valence-electron chi connectivity index (χ2n) is 12.4. The first-order chi connectivity index (χ1) is 21.2. The van der Waals surface area contributed by atoms with Gasteiger partial charge in [-0.1, -0.05) is 41.6 Å². The quantitative estimate of drug-likeness (QED) is 0.330. The van der Waals surface area contributed by atoms with E-state index >= 15 is 0 Å². The highest BCUT2D eigenvalue weighted by molar-refractivity contribution is 5.87. The monoisotopic (exact) mass is 621 g/mol. The Hall–Kier alpha value is -4.65. The van der Waals surface area contributed by atoms with Crippen molar-refractivity contribution in [3.05, 3.63) is 69.7 Å². The van der Waals surface area contributed by atoms with Crippen LogP contribution in [0.2, 0.25) is 0 Å². The highest BCUT2D eigenvalue weighted by Gasteiger charge is 2.28. The molecule has 2 aromatic carbocycles. The lowest BCUT2D eigenvalue weighted by Crippen LogP contribution is -2.49. The van der Waals surface area contributed by atoms with E-state index in [-0.39, 0.29) is 49.9 Å². The SMILES string of the molecule is Cc1ccc(-c2noc(=O)[nH]2)cc1N(CC(=O)NCCN(C(=O)OC(C)(C)C)C(C)C)CC(=O)N(C)N1Cc2ccccc2C1. The number of amides is 3. The van der Waals surface area contributed by atoms with Crippen LogP contribution < -0.4 is 16.0 Å². The molecule has 0 bridgehead atoms. The van der Waals surface area contributed by atoms with Gasteiger partial charge in [-0.05, 0) is 64.3 Å². The molecular formula is C32H43N7O6. The molecule has 13 heteroatoms. The Labute approximate surface area is 263 Å². The molecule has 242 valence electrons. The summed E-state index contributed by atoms with van der Waals surface area (Å²) in [5.41, 5.74) is 3.69. The lowest BCUT2D eigenvalue weighted by molar-refractivity contribution is -0.145. The molecule has 0 spiro atoms. The topological polar surface area (TPSA) is 144 Å². The Morgan fingerprint density at radius 3 is 2.33 bits per heavy atom. The average Bonchev–Trinajstić information content (AvgIpc) is 3.60. The molecule has 4 rings (SSSR count). The fraction of sp³-hybridized carbons (Fsp3) is 0.469. The number of nitrogens with one attached hydrogen (secondary N) is 2. The first-order valence-corrected chi connectivity index (χ1v) is 15.0. The number of aryl methyl sites for hydroxylation is 1. The van der Waals surface area contributed by atoms with Gasteiger partial charge >= 0.3 is 11.8 Å². The van der Waals surface area contributed by atoms with Crippen LogP contribution >= 0.6 is 0 Å². The number of carbonyl (C=O) groups is 3. The first kappa shape index (κ1) is 33.2. The van der Waals surface area contributed by atoms with Gasteiger partial charge in [-0.15, -0.1) is 0 Å². The number of likely N-dealkylation sites (N-methyl/N-ethyl adjacent to an activating group) is 1. The van der Waals surface area contributed by atoms with Gasteiger partial charge in [0.15, 0.2) is 5.82 Å². The Bertz CT molecular complexity index is 1550. The number of hydrogen-bond acceptors (Lipinski definition) is 9. The van der Waals surface area contributed by atoms with Crippen molar-refractivity contribution in [1.82, 2.24) is 30.4 Å². The van der Waals surface area contributed by atoms with Crippen LogP contribution in [0.4, 0.5) is 10.5 Å². The molecule has 3 amide bonds. The summed E-state index contributed by atoms with van der Waals surface area (Å²) in [6.45, 7) is 12.5. The van der Waals surface area contributed by atoms with Crippen LogP contribution in [-0.4, -0.2) is 87.8 Å². The van der Waals surface area contributed by atoms with Crippen LogP contribution in [-0.2, 0) is 27.4 Å². The van der Waals surface area contributed by atoms with Gasteiger partial charge in [0.1, 0.15) is 5.60 Å². The number of hydrogen-bond donors (Lipinski definition) is 2. The number of benzene rings is 2. The van der Waals surface area contributed by atoms with E-state index in [1.54, 1.807) is 54.8 Å². The second kappa shape index (κ2) is 14.0. The smallest absolute Gasteiger partial charge is 0.439 e. The minimum absolute atomic E-state index is 0.0909. The van der Waals surface area contributed by atoms with Gasteiger partial charge in [-0.3, -0.25) is 24.1 Å². The Morgan fingerprint density at radius 1 is 1.09 bits per heavy atom. The molecule has 45 heavy (non-hydrogen) atoms. The average molecular weight is 622 g/mol. The van der Waals surface area contributed by atoms with E-state index in [4.69, 9.17) is 4.74 Å². The fourth-order valence-electron chi connectivity index (χ4n) is 5.05. The highest BCUT2D eigenvalue weighted by atomic mass is 16.6. The number of aromatic nitrogens is 2. The predicted molar refractivity (Wildman–Crippen MR) is 169 cm³/mol. The Morgan fingerprint density at radius 2 is 1.76 bits per heavy atom. The van der Waals surface area contributed by atoms with Crippen molar-refractivity contribution >= 4 is 23.6 Å². The van der Waals surface area contributed by atoms with E-state index in [0.29, 0.717) is 24.3 Å². The third-order valence-corrected chi connectivity index (χ3v) is 7.46. The first-order valence-electron chi connectivity index (χ1n) is 15.0. The van der Waals surface area contributed by atoms with Crippen LogP contribution in [0.5, 0.6) is 0 Å². The predicted octanol–water partition coefficient (Wildman–Crippen LogP) is 3.30. The van der Waals surface area contributed by atoms with Crippen molar-refractivity contribution < 1.29 is 23.6 Å². The normalized spacial score (nSPS) is 13.0. The molecule has 0 unspecified atom stereocenters. The van der Waals surface area contributed by atoms with Gasteiger partial charge in [0.2, 0.25) is 5.91 Å². The molecule has 1 aliphatic heterocycles. The summed E-state index contributed by atoms with van der Waals surface area (Å²) in [7, 11) is 1.73. The third-order valence-electron chi connectivity index (χ3n) is 7.46. The number of hydrazine groups is 1. The van der Waals surface area contributed by atoms with Crippen LogP contribution in [0.3, 0.4) is 0 Å². The van der Waals surface area contributed by atoms with Crippen molar-refractivity contribution in [2.45, 2.75) is 66.3 Å². The minimum atomic E-state index is -0.686. The van der Waals surface area contributed by atoms with Crippen molar-refractivity contribution in [3.8, 4) is 11.4 Å². The molecule has 0 fully saturated rings. The molecule has 1 aromatic heterocycles. The van der Waals surface area contributed by atoms with Gasteiger partial charge < -0.3 is 19.9 Å². The molecule has 0 aliphatic carbocycles. The molecule has 0 atom stereocenters. The number of aromatic amines is 1. The summed E-state index contributed by atoms with van der Waals surface area (Å²) < 4.78 is 10.2. The molecule has 1 aliphatic rings. The van der Waals surface area contributed by atoms with Gasteiger partial charge in [0.25, 0.3) is 5.91 Å². The van der Waals surface area contributed by atoms with Crippen molar-refractivity contribution in [2.24, 2.45) is 0 Å². The maximum Gasteiger partial charge on any atom is 0.439 e. The van der Waals surface area contributed by atoms with Crippen LogP contribution in [0, 0.1) is 6.92 Å². The number of nitrogens with zero attached hydrogens (tertiary/aromatic N) is 5. The summed E-state index contributed by atoms with van der Waals surface area (Å²) in [4.78, 5) is 57.0. The number of fused-ring (bicyclic) bond motifs is 1. The van der Waals surface area contributed by atoms with Gasteiger partial charge in [0, 0.05) is 50.5 Å². The summed E-state index contributed by atoms with van der Waals surface area (Å²) in [5, 5.41) is 10.2. The molecule has 2 heterocycles. The Kier molecular flexibility index (Phi) is 10.3. The van der Waals surface area contributed by atoms with E-state index in [1.807, 2.05) is 44.0 Å². The van der Waals surface area contributed by atoms with Crippen LogP contribution in [0.1, 0.15) is 51.3 Å². The van der Waals surface area contributed by atoms with Crippen LogP contribution in [0.15, 0.2) is 51.8 Å². The Balaban J connectivity index is 1.50. The lowest BCUT2D eigenvalue weighted by atomic mass is 10.1. The maximum atomic E-state index is 13.7. The number of carbonyl (C=O) groups excluding carboxylic acids is 3. The second-order valence-corrected chi connectivity index (χ2v) is 12.4. The van der Waals surface area contributed by atoms with Crippen molar-refractivity contribution in [2.75, 3.05) is 38.1 Å². The van der Waals surface area contributed by atoms with Gasteiger partial charge in [0.05, 0.1) is 13.1 Å². The number of H-pyrrole nitrogens is 1. The zero-order valence-electron chi connectivity index (χ0n) is 27.0. The number of rotatable bonds is 11. The molecule has 3 aromatic rings. The van der Waals surface area contributed by atoms with Crippen LogP contribution in [0.25, 0.3) is 11.4 Å². The molecule has 13 nitrogen and oxygen atoms in total. The maximum absolute atomic E-state index is 13.7. The van der Waals surface area contributed by atoms with E-state index in [9.17, 15) is 19.2 Å². The molecule has 2 N–H and O–H groups in total. The molecular weight excluding hydrogens is 578 g/mol. The summed E-state index contributed by atoms with van der Waals surface area (Å²) in [5.74, 6) is -0.980. The van der Waals surface area contributed by atoms with E-state index in [0.717, 1.165) is 5.56 Å². The third kappa shape index (κ3) is 8.72. The standard InChI is InChI=1S/C32H43N7O6/c1-21(2)39(31(43)44-32(4,5)6)15-14-33-27(40)19-37(26-16-23(13-12-22(26)3)29-34-30(42)45-35-29)20-28(41)36(7)38-17-24-10-8-9-11-25(24)18-38/h8-13,16,21H,14-15,17-20H2,1-7H3,(H,33,40)(H,34,35,42). The molecule has 0 radical (unpaired) electrons. The molecule has 0 saturated carbocycles. The zero-order chi connectivity index (χ0) is 32.9. The lowest BCUT2D eigenvalue weighted by Gasteiger charge is -2.32. The number of anilines is 1. The van der Waals surface area contributed by atoms with E-state index in [1.165, 1.54) is 11.1 Å². The largest absolute Gasteiger partial charge is 0.444 e. The summed E-state index contributed by atoms with van der Waals surface area (Å²) in [6.07, 6.45) is -0.454. The van der Waals surface area contributed by atoms with Crippen molar-refractivity contribution in [1.29, 1.82) is 0 Å². The van der Waals surface area contributed by atoms with Gasteiger partial charge in [-0.2, -0.15) is 0 Å². The molecule has 0 saturated heterocycles. The van der Waals surface area contributed by atoms with Gasteiger partial charge in [-0.25, -0.2) is 14.6 Å². The summed E-state index contributed by atoms with van der Waals surface area (Å²) >= 11 is 0. The summed E-state index contributed by atoms with van der Waals surface area (Å²) in [6, 6.07) is 13.3. The van der Waals surface area contributed by atoms with Crippen molar-refractivity contribution in [3.63, 3.8) is 0 Å². The number of ether oxygens (including phenoxy) is 1. The minimum Gasteiger partial charge on any atom is -0.444 e. The highest BCUT2D eigenvalue weighted by Crippen LogP contribution is 2.27. The van der Waals surface area contributed by atoms with E-state index < -0.39 is 17.5 Å². The zero-order valence-corrected chi connectivity index (χ0v) is 27.0. The van der Waals surface area contributed by atoms with E-state index in [2.05, 4.69) is 32.1 Å². The fourth-order valence-corrected chi connectivity index (χ4v) is 5.05.